The molecule has 0 heterocycles. The van der Waals surface area contributed by atoms with Crippen LogP contribution in [0.1, 0.15) is 11.1 Å². The Bertz CT molecular complexity index is 576. The number of benzene rings is 2. The largest absolute Gasteiger partial charge is 0.417 e. The minimum Gasteiger partial charge on any atom is -0.326 e. The summed E-state index contributed by atoms with van der Waals surface area (Å²) in [5, 5.41) is 0.0790. The summed E-state index contributed by atoms with van der Waals surface area (Å²) in [5.41, 5.74) is 6.00. The van der Waals surface area contributed by atoms with E-state index >= 15 is 0 Å². The van der Waals surface area contributed by atoms with Crippen LogP contribution in [0.3, 0.4) is 0 Å². The maximum Gasteiger partial charge on any atom is 0.417 e. The average Bonchev–Trinajstić information content (AvgIpc) is 2.37. The topological polar surface area (TPSA) is 26.0 Å². The molecule has 0 aliphatic rings. The summed E-state index contributed by atoms with van der Waals surface area (Å²) >= 11 is 5.92. The summed E-state index contributed by atoms with van der Waals surface area (Å²) in [6.45, 7) is 0.342. The maximum atomic E-state index is 13.0. The van der Waals surface area contributed by atoms with Crippen LogP contribution in [0.25, 0.3) is 11.1 Å². The molecule has 0 bridgehead atoms. The van der Waals surface area contributed by atoms with E-state index in [1.165, 1.54) is 12.1 Å². The highest BCUT2D eigenvalue weighted by molar-refractivity contribution is 6.33. The van der Waals surface area contributed by atoms with Crippen molar-refractivity contribution in [3.8, 4) is 11.1 Å². The molecule has 2 N–H and O–H groups in total. The van der Waals surface area contributed by atoms with Crippen LogP contribution in [-0.4, -0.2) is 0 Å². The summed E-state index contributed by atoms with van der Waals surface area (Å²) in [6.07, 6.45) is -4.44. The molecule has 2 aromatic carbocycles. The van der Waals surface area contributed by atoms with Crippen LogP contribution < -0.4 is 5.73 Å². The van der Waals surface area contributed by atoms with E-state index in [1.807, 2.05) is 0 Å². The minimum absolute atomic E-state index is 0.000220. The summed E-state index contributed by atoms with van der Waals surface area (Å²) in [4.78, 5) is 0. The number of nitrogens with two attached hydrogens (primary N) is 1. The molecule has 2 aromatic rings. The van der Waals surface area contributed by atoms with Gasteiger partial charge in [-0.05, 0) is 23.3 Å². The van der Waals surface area contributed by atoms with Crippen LogP contribution in [0.2, 0.25) is 5.02 Å². The molecular formula is C14H11ClF3N. The Morgan fingerprint density at radius 1 is 1.00 bits per heavy atom. The van der Waals surface area contributed by atoms with E-state index < -0.39 is 11.7 Å². The molecule has 1 nitrogen and oxygen atoms in total. The lowest BCUT2D eigenvalue weighted by Gasteiger charge is -2.14. The second kappa shape index (κ2) is 5.23. The third-order valence-electron chi connectivity index (χ3n) is 2.80. The molecular weight excluding hydrogens is 275 g/mol. The first-order chi connectivity index (χ1) is 8.93. The van der Waals surface area contributed by atoms with E-state index in [0.29, 0.717) is 12.1 Å². The lowest BCUT2D eigenvalue weighted by molar-refractivity contribution is -0.137. The zero-order valence-electron chi connectivity index (χ0n) is 9.84. The third kappa shape index (κ3) is 2.91. The highest BCUT2D eigenvalue weighted by atomic mass is 35.5. The molecule has 0 aromatic heterocycles. The van der Waals surface area contributed by atoms with Crippen molar-refractivity contribution in [2.75, 3.05) is 0 Å². The second-order valence-electron chi connectivity index (χ2n) is 4.06. The molecule has 5 heteroatoms. The van der Waals surface area contributed by atoms with Crippen LogP contribution in [-0.2, 0) is 12.7 Å². The third-order valence-corrected chi connectivity index (χ3v) is 3.11. The summed E-state index contributed by atoms with van der Waals surface area (Å²) in [7, 11) is 0. The van der Waals surface area contributed by atoms with Gasteiger partial charge in [-0.25, -0.2) is 0 Å². The quantitative estimate of drug-likeness (QED) is 0.865. The van der Waals surface area contributed by atoms with E-state index in [0.717, 1.165) is 11.6 Å². The van der Waals surface area contributed by atoms with Gasteiger partial charge in [0.2, 0.25) is 0 Å². The van der Waals surface area contributed by atoms with Crippen molar-refractivity contribution < 1.29 is 13.2 Å². The fraction of sp³-hybridized carbons (Fsp3) is 0.143. The predicted molar refractivity (Wildman–Crippen MR) is 69.8 cm³/mol. The molecule has 0 spiro atoms. The molecule has 2 rings (SSSR count). The van der Waals surface area contributed by atoms with Crippen LogP contribution in [0, 0.1) is 0 Å². The fourth-order valence-corrected chi connectivity index (χ4v) is 2.14. The molecule has 0 fully saturated rings. The Balaban J connectivity index is 2.60. The van der Waals surface area contributed by atoms with Gasteiger partial charge >= 0.3 is 6.18 Å². The molecule has 0 amide bonds. The summed E-state index contributed by atoms with van der Waals surface area (Å²) in [6, 6.07) is 10.3. The Morgan fingerprint density at radius 3 is 2.16 bits per heavy atom. The van der Waals surface area contributed by atoms with Crippen LogP contribution in [0.4, 0.5) is 13.2 Å². The number of halogens is 4. The molecule has 0 aliphatic carbocycles. The lowest BCUT2D eigenvalue weighted by Crippen LogP contribution is -2.07. The van der Waals surface area contributed by atoms with Crippen molar-refractivity contribution in [1.29, 1.82) is 0 Å². The molecule has 0 atom stereocenters. The van der Waals surface area contributed by atoms with Gasteiger partial charge in [0.05, 0.1) is 5.56 Å². The molecule has 0 saturated heterocycles. The van der Waals surface area contributed by atoms with Gasteiger partial charge < -0.3 is 5.73 Å². The van der Waals surface area contributed by atoms with E-state index in [2.05, 4.69) is 0 Å². The van der Waals surface area contributed by atoms with Gasteiger partial charge in [0.15, 0.2) is 0 Å². The Kier molecular flexibility index (Phi) is 3.83. The Labute approximate surface area is 113 Å². The van der Waals surface area contributed by atoms with E-state index in [9.17, 15) is 13.2 Å². The first kappa shape index (κ1) is 13.9. The monoisotopic (exact) mass is 285 g/mol. The molecule has 0 unspecified atom stereocenters. The molecule has 100 valence electrons. The van der Waals surface area contributed by atoms with Gasteiger partial charge in [-0.3, -0.25) is 0 Å². The Hall–Kier alpha value is -1.52. The van der Waals surface area contributed by atoms with E-state index in [4.69, 9.17) is 17.3 Å². The maximum absolute atomic E-state index is 13.0. The SMILES string of the molecule is NCc1ccc(-c2c(Cl)cccc2C(F)(F)F)cc1. The van der Waals surface area contributed by atoms with Crippen LogP contribution in [0.15, 0.2) is 42.5 Å². The van der Waals surface area contributed by atoms with Crippen molar-refractivity contribution in [3.63, 3.8) is 0 Å². The molecule has 0 aliphatic heterocycles. The number of rotatable bonds is 2. The standard InChI is InChI=1S/C14H11ClF3N/c15-12-3-1-2-11(14(16,17)18)13(12)10-6-4-9(8-19)5-7-10/h1-7H,8,19H2. The molecule has 0 saturated carbocycles. The number of alkyl halides is 3. The van der Waals surface area contributed by atoms with Gasteiger partial charge in [-0.2, -0.15) is 13.2 Å². The van der Waals surface area contributed by atoms with E-state index in [-0.39, 0.29) is 10.6 Å². The summed E-state index contributed by atoms with van der Waals surface area (Å²) < 4.78 is 38.9. The first-order valence-corrected chi connectivity index (χ1v) is 5.96. The van der Waals surface area contributed by atoms with Crippen molar-refractivity contribution in [3.05, 3.63) is 58.6 Å². The predicted octanol–water partition coefficient (Wildman–Crippen LogP) is 4.48. The zero-order valence-corrected chi connectivity index (χ0v) is 10.6. The highest BCUT2D eigenvalue weighted by Crippen LogP contribution is 2.40. The molecule has 19 heavy (non-hydrogen) atoms. The van der Waals surface area contributed by atoms with Crippen molar-refractivity contribution in [2.45, 2.75) is 12.7 Å². The average molecular weight is 286 g/mol. The van der Waals surface area contributed by atoms with Crippen LogP contribution in [0.5, 0.6) is 0 Å². The van der Waals surface area contributed by atoms with Gasteiger partial charge in [0.1, 0.15) is 0 Å². The fourth-order valence-electron chi connectivity index (χ4n) is 1.86. The number of hydrogen-bond acceptors (Lipinski definition) is 1. The van der Waals surface area contributed by atoms with Gasteiger partial charge in [0.25, 0.3) is 0 Å². The first-order valence-electron chi connectivity index (χ1n) is 5.58. The lowest BCUT2D eigenvalue weighted by atomic mass is 9.98. The van der Waals surface area contributed by atoms with Gasteiger partial charge in [-0.15, -0.1) is 0 Å². The Morgan fingerprint density at radius 2 is 1.63 bits per heavy atom. The normalized spacial score (nSPS) is 11.6. The second-order valence-corrected chi connectivity index (χ2v) is 4.47. The van der Waals surface area contributed by atoms with Crippen LogP contribution >= 0.6 is 11.6 Å². The van der Waals surface area contributed by atoms with Crippen molar-refractivity contribution in [2.24, 2.45) is 5.73 Å². The highest BCUT2D eigenvalue weighted by Gasteiger charge is 2.34. The molecule has 0 radical (unpaired) electrons. The van der Waals surface area contributed by atoms with Gasteiger partial charge in [-0.1, -0.05) is 41.9 Å². The van der Waals surface area contributed by atoms with Crippen molar-refractivity contribution >= 4 is 11.6 Å². The van der Waals surface area contributed by atoms with Gasteiger partial charge in [0, 0.05) is 17.1 Å². The van der Waals surface area contributed by atoms with Crippen molar-refractivity contribution in [1.82, 2.24) is 0 Å². The van der Waals surface area contributed by atoms with E-state index in [1.54, 1.807) is 24.3 Å². The number of hydrogen-bond donors (Lipinski definition) is 1. The smallest absolute Gasteiger partial charge is 0.326 e. The summed E-state index contributed by atoms with van der Waals surface area (Å²) in [5.74, 6) is 0. The zero-order chi connectivity index (χ0) is 14.0. The minimum atomic E-state index is -4.44.